The van der Waals surface area contributed by atoms with E-state index < -0.39 is 0 Å². The highest BCUT2D eigenvalue weighted by atomic mass is 16.5. The van der Waals surface area contributed by atoms with Crippen LogP contribution < -0.4 is 10.2 Å². The van der Waals surface area contributed by atoms with Crippen molar-refractivity contribution in [2.24, 2.45) is 5.92 Å². The van der Waals surface area contributed by atoms with Crippen LogP contribution in [0.15, 0.2) is 18.2 Å². The minimum absolute atomic E-state index is 0.00113. The number of benzene rings is 1. The maximum atomic E-state index is 12.3. The summed E-state index contributed by atoms with van der Waals surface area (Å²) in [7, 11) is 0. The van der Waals surface area contributed by atoms with Crippen LogP contribution in [0.3, 0.4) is 0 Å². The first-order valence-electron chi connectivity index (χ1n) is 9.27. The molecule has 1 amide bonds. The van der Waals surface area contributed by atoms with Crippen LogP contribution in [-0.2, 0) is 14.3 Å². The van der Waals surface area contributed by atoms with Crippen molar-refractivity contribution in [3.63, 3.8) is 0 Å². The molecule has 2 rings (SSSR count). The summed E-state index contributed by atoms with van der Waals surface area (Å²) in [5.74, 6) is -0.0223. The van der Waals surface area contributed by atoms with E-state index in [1.54, 1.807) is 0 Å². The second kappa shape index (κ2) is 8.99. The van der Waals surface area contributed by atoms with Crippen molar-refractivity contribution >= 4 is 11.9 Å². The standard InChI is InChI=1S/C20H30N2O3/c1-5-25-20(24)17-8-10-22(11-9-17)13-19(23)21-16(4)18-7-6-14(2)15(3)12-18/h6-7,12,16-17H,5,8-11,13H2,1-4H3,(H,21,23)/p+1/t16-/m1/s1. The lowest BCUT2D eigenvalue weighted by Gasteiger charge is -2.28. The molecule has 0 radical (unpaired) electrons. The first-order chi connectivity index (χ1) is 11.9. The Balaban J connectivity index is 1.79. The van der Waals surface area contributed by atoms with Gasteiger partial charge in [0.2, 0.25) is 0 Å². The van der Waals surface area contributed by atoms with Gasteiger partial charge in [0.15, 0.2) is 6.54 Å². The second-order valence-corrected chi connectivity index (χ2v) is 7.09. The summed E-state index contributed by atoms with van der Waals surface area (Å²) < 4.78 is 5.09. The number of amides is 1. The van der Waals surface area contributed by atoms with Crippen molar-refractivity contribution < 1.29 is 19.2 Å². The molecule has 0 saturated carbocycles. The molecule has 5 heteroatoms. The van der Waals surface area contributed by atoms with Gasteiger partial charge in [-0.2, -0.15) is 0 Å². The number of carbonyl (C=O) groups is 2. The van der Waals surface area contributed by atoms with Gasteiger partial charge < -0.3 is 15.0 Å². The molecule has 1 aromatic carbocycles. The molecule has 138 valence electrons. The third-order valence-electron chi connectivity index (χ3n) is 5.13. The highest BCUT2D eigenvalue weighted by Crippen LogP contribution is 2.16. The molecule has 1 saturated heterocycles. The van der Waals surface area contributed by atoms with Gasteiger partial charge in [-0.1, -0.05) is 18.2 Å². The lowest BCUT2D eigenvalue weighted by atomic mass is 9.97. The molecule has 0 aromatic heterocycles. The third kappa shape index (κ3) is 5.56. The summed E-state index contributed by atoms with van der Waals surface area (Å²) in [6, 6.07) is 6.31. The molecule has 1 fully saturated rings. The minimum Gasteiger partial charge on any atom is -0.466 e. The number of esters is 1. The van der Waals surface area contributed by atoms with Crippen LogP contribution in [0.5, 0.6) is 0 Å². The number of piperidine rings is 1. The van der Waals surface area contributed by atoms with Crippen LogP contribution in [0.4, 0.5) is 0 Å². The number of rotatable bonds is 6. The Morgan fingerprint density at radius 3 is 2.52 bits per heavy atom. The van der Waals surface area contributed by atoms with Crippen molar-refractivity contribution in [2.75, 3.05) is 26.2 Å². The molecule has 1 aliphatic rings. The molecule has 0 aliphatic carbocycles. The van der Waals surface area contributed by atoms with Crippen molar-refractivity contribution in [2.45, 2.75) is 46.6 Å². The highest BCUT2D eigenvalue weighted by molar-refractivity contribution is 5.77. The van der Waals surface area contributed by atoms with Gasteiger partial charge in [-0.3, -0.25) is 9.59 Å². The van der Waals surface area contributed by atoms with Crippen LogP contribution in [0.25, 0.3) is 0 Å². The summed E-state index contributed by atoms with van der Waals surface area (Å²) in [4.78, 5) is 25.4. The van der Waals surface area contributed by atoms with Crippen LogP contribution in [-0.4, -0.2) is 38.1 Å². The minimum atomic E-state index is -0.0886. The summed E-state index contributed by atoms with van der Waals surface area (Å²) in [5, 5.41) is 3.09. The maximum absolute atomic E-state index is 12.3. The van der Waals surface area contributed by atoms with Gasteiger partial charge in [0.25, 0.3) is 5.91 Å². The second-order valence-electron chi connectivity index (χ2n) is 7.09. The zero-order chi connectivity index (χ0) is 18.4. The van der Waals surface area contributed by atoms with E-state index in [0.717, 1.165) is 31.5 Å². The Labute approximate surface area is 150 Å². The van der Waals surface area contributed by atoms with Crippen molar-refractivity contribution in [1.82, 2.24) is 5.32 Å². The Morgan fingerprint density at radius 2 is 1.92 bits per heavy atom. The summed E-state index contributed by atoms with van der Waals surface area (Å²) in [5.41, 5.74) is 3.63. The lowest BCUT2D eigenvalue weighted by molar-refractivity contribution is -0.897. The molecule has 5 nitrogen and oxygen atoms in total. The largest absolute Gasteiger partial charge is 0.466 e. The predicted molar refractivity (Wildman–Crippen MR) is 97.4 cm³/mol. The van der Waals surface area contributed by atoms with Gasteiger partial charge in [0.05, 0.1) is 31.7 Å². The highest BCUT2D eigenvalue weighted by Gasteiger charge is 2.29. The van der Waals surface area contributed by atoms with E-state index >= 15 is 0 Å². The maximum Gasteiger partial charge on any atom is 0.309 e. The van der Waals surface area contributed by atoms with E-state index in [1.165, 1.54) is 16.0 Å². The first-order valence-corrected chi connectivity index (χ1v) is 9.27. The molecule has 1 aromatic rings. The fourth-order valence-corrected chi connectivity index (χ4v) is 3.34. The fourth-order valence-electron chi connectivity index (χ4n) is 3.34. The smallest absolute Gasteiger partial charge is 0.309 e. The zero-order valence-corrected chi connectivity index (χ0v) is 15.9. The molecule has 0 bridgehead atoms. The Bertz CT molecular complexity index is 607. The molecule has 25 heavy (non-hydrogen) atoms. The molecule has 1 heterocycles. The molecular weight excluding hydrogens is 316 g/mol. The number of hydrogen-bond acceptors (Lipinski definition) is 3. The quantitative estimate of drug-likeness (QED) is 0.764. The van der Waals surface area contributed by atoms with Crippen LogP contribution in [0.2, 0.25) is 0 Å². The summed E-state index contributed by atoms with van der Waals surface area (Å²) >= 11 is 0. The van der Waals surface area contributed by atoms with Crippen molar-refractivity contribution in [1.29, 1.82) is 0 Å². The fraction of sp³-hybridized carbons (Fsp3) is 0.600. The number of likely N-dealkylation sites (tertiary alicyclic amines) is 1. The average Bonchev–Trinajstić information content (AvgIpc) is 2.58. The molecular formula is C20H31N2O3+. The SMILES string of the molecule is CCOC(=O)C1CC[NH+](CC(=O)N[C@H](C)c2ccc(C)c(C)c2)CC1. The van der Waals surface area contributed by atoms with E-state index in [1.807, 2.05) is 13.8 Å². The lowest BCUT2D eigenvalue weighted by Crippen LogP contribution is -3.14. The average molecular weight is 347 g/mol. The predicted octanol–water partition coefficient (Wildman–Crippen LogP) is 1.34. The molecule has 2 N–H and O–H groups in total. The number of ether oxygens (including phenoxy) is 1. The van der Waals surface area contributed by atoms with Gasteiger partial charge in [0.1, 0.15) is 0 Å². The summed E-state index contributed by atoms with van der Waals surface area (Å²) in [6.45, 7) is 10.6. The van der Waals surface area contributed by atoms with E-state index in [2.05, 4.69) is 37.4 Å². The van der Waals surface area contributed by atoms with Gasteiger partial charge in [0, 0.05) is 12.8 Å². The van der Waals surface area contributed by atoms with Gasteiger partial charge in [-0.25, -0.2) is 0 Å². The Morgan fingerprint density at radius 1 is 1.24 bits per heavy atom. The van der Waals surface area contributed by atoms with E-state index in [0.29, 0.717) is 13.2 Å². The first kappa shape index (κ1) is 19.4. The van der Waals surface area contributed by atoms with Crippen LogP contribution >= 0.6 is 0 Å². The topological polar surface area (TPSA) is 59.8 Å². The van der Waals surface area contributed by atoms with Crippen LogP contribution in [0.1, 0.15) is 49.4 Å². The normalized spacial score (nSPS) is 21.4. The molecule has 0 unspecified atom stereocenters. The number of carbonyl (C=O) groups excluding carboxylic acids is 2. The molecule has 0 spiro atoms. The van der Waals surface area contributed by atoms with E-state index in [4.69, 9.17) is 4.74 Å². The number of aryl methyl sites for hydroxylation is 2. The monoisotopic (exact) mass is 347 g/mol. The van der Waals surface area contributed by atoms with E-state index in [9.17, 15) is 9.59 Å². The van der Waals surface area contributed by atoms with Crippen molar-refractivity contribution in [3.8, 4) is 0 Å². The number of quaternary nitrogens is 1. The van der Waals surface area contributed by atoms with Gasteiger partial charge >= 0.3 is 5.97 Å². The van der Waals surface area contributed by atoms with Crippen molar-refractivity contribution in [3.05, 3.63) is 34.9 Å². The Hall–Kier alpha value is -1.88. The van der Waals surface area contributed by atoms with Gasteiger partial charge in [-0.05, 0) is 44.4 Å². The van der Waals surface area contributed by atoms with Gasteiger partial charge in [-0.15, -0.1) is 0 Å². The molecule has 1 aliphatic heterocycles. The summed E-state index contributed by atoms with van der Waals surface area (Å²) in [6.07, 6.45) is 1.60. The Kier molecular flexibility index (Phi) is 7.00. The van der Waals surface area contributed by atoms with Crippen LogP contribution in [0, 0.1) is 19.8 Å². The number of hydrogen-bond donors (Lipinski definition) is 2. The molecule has 1 atom stereocenters. The van der Waals surface area contributed by atoms with E-state index in [-0.39, 0.29) is 23.8 Å². The zero-order valence-electron chi connectivity index (χ0n) is 15.9. The number of nitrogens with one attached hydrogen (secondary N) is 2. The third-order valence-corrected chi connectivity index (χ3v) is 5.13.